The zero-order valence-corrected chi connectivity index (χ0v) is 9.67. The Morgan fingerprint density at radius 1 is 1.25 bits per heavy atom. The summed E-state index contributed by atoms with van der Waals surface area (Å²) < 4.78 is 11.0. The molecule has 1 fully saturated rings. The van der Waals surface area contributed by atoms with Gasteiger partial charge in [0.1, 0.15) is 18.3 Å². The molecule has 5 nitrogen and oxygen atoms in total. The quantitative estimate of drug-likeness (QED) is 0.572. The summed E-state index contributed by atoms with van der Waals surface area (Å²) in [6.07, 6.45) is -1.33. The predicted molar refractivity (Wildman–Crippen MR) is 57.7 cm³/mol. The Morgan fingerprint density at radius 3 is 2.19 bits per heavy atom. The van der Waals surface area contributed by atoms with Crippen molar-refractivity contribution < 1.29 is 24.8 Å². The summed E-state index contributed by atoms with van der Waals surface area (Å²) in [5.41, 5.74) is 0. The summed E-state index contributed by atoms with van der Waals surface area (Å²) in [7, 11) is 0. The topological polar surface area (TPSA) is 79.2 Å². The molecule has 0 spiro atoms. The lowest BCUT2D eigenvalue weighted by atomic mass is 10.0. The van der Waals surface area contributed by atoms with Crippen LogP contribution in [0, 0.1) is 0 Å². The van der Waals surface area contributed by atoms with E-state index in [2.05, 4.69) is 6.58 Å². The van der Waals surface area contributed by atoms with E-state index in [0.29, 0.717) is 6.42 Å². The Labute approximate surface area is 95.3 Å². The van der Waals surface area contributed by atoms with Crippen molar-refractivity contribution in [3.63, 3.8) is 0 Å². The Kier molecular flexibility index (Phi) is 4.46. The first kappa shape index (κ1) is 13.6. The molecule has 94 valence electrons. The van der Waals surface area contributed by atoms with Crippen LogP contribution >= 0.6 is 0 Å². The largest absolute Gasteiger partial charge is 0.394 e. The molecule has 16 heavy (non-hydrogen) atoms. The molecule has 3 N–H and O–H groups in total. The van der Waals surface area contributed by atoms with Gasteiger partial charge < -0.3 is 24.8 Å². The summed E-state index contributed by atoms with van der Waals surface area (Å²) in [5, 5.41) is 28.3. The average molecular weight is 232 g/mol. The van der Waals surface area contributed by atoms with Crippen LogP contribution in [0.1, 0.15) is 20.3 Å². The van der Waals surface area contributed by atoms with E-state index in [-0.39, 0.29) is 0 Å². The minimum atomic E-state index is -1.06. The normalized spacial score (nSPS) is 32.3. The van der Waals surface area contributed by atoms with E-state index >= 15 is 0 Å². The van der Waals surface area contributed by atoms with Gasteiger partial charge in [0, 0.05) is 0 Å². The molecule has 1 aliphatic heterocycles. The number of hydrogen-bond acceptors (Lipinski definition) is 5. The van der Waals surface area contributed by atoms with Gasteiger partial charge in [0.2, 0.25) is 0 Å². The van der Waals surface area contributed by atoms with Gasteiger partial charge in [-0.15, -0.1) is 6.58 Å². The SMILES string of the molecule is C=CC[C@H](O)[C@@H]1OC(C)(C)O[C@@H]1[C@H](O)CO. The van der Waals surface area contributed by atoms with Gasteiger partial charge in [0.05, 0.1) is 12.7 Å². The molecule has 1 heterocycles. The monoisotopic (exact) mass is 232 g/mol. The van der Waals surface area contributed by atoms with E-state index in [4.69, 9.17) is 14.6 Å². The van der Waals surface area contributed by atoms with Crippen LogP contribution in [-0.2, 0) is 9.47 Å². The standard InChI is InChI=1S/C11H20O5/c1-4-5-7(13)9-10(8(14)6-12)16-11(2,3)15-9/h4,7-10,12-14H,1,5-6H2,2-3H3/t7-,8+,9-,10+/m0/s1. The van der Waals surface area contributed by atoms with E-state index in [9.17, 15) is 10.2 Å². The van der Waals surface area contributed by atoms with E-state index in [1.807, 2.05) is 0 Å². The van der Waals surface area contributed by atoms with Gasteiger partial charge in [0.15, 0.2) is 5.79 Å². The van der Waals surface area contributed by atoms with Gasteiger partial charge in [0.25, 0.3) is 0 Å². The molecule has 0 radical (unpaired) electrons. The zero-order valence-electron chi connectivity index (χ0n) is 9.67. The van der Waals surface area contributed by atoms with Crippen molar-refractivity contribution in [1.82, 2.24) is 0 Å². The fraction of sp³-hybridized carbons (Fsp3) is 0.818. The van der Waals surface area contributed by atoms with Crippen LogP contribution in [-0.4, -0.2) is 52.1 Å². The molecule has 0 unspecified atom stereocenters. The fourth-order valence-corrected chi connectivity index (χ4v) is 1.82. The number of aliphatic hydroxyl groups is 3. The van der Waals surface area contributed by atoms with Gasteiger partial charge in [-0.2, -0.15) is 0 Å². The van der Waals surface area contributed by atoms with Crippen LogP contribution in [0.3, 0.4) is 0 Å². The first-order valence-corrected chi connectivity index (χ1v) is 5.35. The number of aliphatic hydroxyl groups excluding tert-OH is 3. The van der Waals surface area contributed by atoms with Crippen molar-refractivity contribution in [2.45, 2.75) is 50.5 Å². The molecule has 4 atom stereocenters. The molecule has 0 aromatic rings. The van der Waals surface area contributed by atoms with Crippen molar-refractivity contribution >= 4 is 0 Å². The van der Waals surface area contributed by atoms with Crippen molar-refractivity contribution in [3.05, 3.63) is 12.7 Å². The Hall–Kier alpha value is -0.460. The lowest BCUT2D eigenvalue weighted by Crippen LogP contribution is -2.43. The van der Waals surface area contributed by atoms with Crippen LogP contribution in [0.25, 0.3) is 0 Å². The summed E-state index contributed by atoms with van der Waals surface area (Å²) in [6, 6.07) is 0. The maximum Gasteiger partial charge on any atom is 0.164 e. The lowest BCUT2D eigenvalue weighted by Gasteiger charge is -2.23. The van der Waals surface area contributed by atoms with Crippen LogP contribution < -0.4 is 0 Å². The van der Waals surface area contributed by atoms with Gasteiger partial charge in [-0.3, -0.25) is 0 Å². The molecular weight excluding hydrogens is 212 g/mol. The number of ether oxygens (including phenoxy) is 2. The summed E-state index contributed by atoms with van der Waals surface area (Å²) in [4.78, 5) is 0. The minimum Gasteiger partial charge on any atom is -0.394 e. The third-order valence-corrected chi connectivity index (χ3v) is 2.52. The second kappa shape index (κ2) is 5.25. The molecule has 1 rings (SSSR count). The second-order valence-electron chi connectivity index (χ2n) is 4.41. The summed E-state index contributed by atoms with van der Waals surface area (Å²) in [6.45, 7) is 6.50. The smallest absolute Gasteiger partial charge is 0.164 e. The molecule has 0 saturated carbocycles. The molecule has 0 aromatic carbocycles. The maximum atomic E-state index is 9.83. The van der Waals surface area contributed by atoms with E-state index in [0.717, 1.165) is 0 Å². The predicted octanol–water partition coefficient (Wildman–Crippen LogP) is -0.203. The maximum absolute atomic E-state index is 9.83. The molecule has 5 heteroatoms. The highest BCUT2D eigenvalue weighted by Crippen LogP contribution is 2.32. The third kappa shape index (κ3) is 3.02. The average Bonchev–Trinajstić information content (AvgIpc) is 2.54. The van der Waals surface area contributed by atoms with Crippen LogP contribution in [0.15, 0.2) is 12.7 Å². The van der Waals surface area contributed by atoms with Crippen LogP contribution in [0.2, 0.25) is 0 Å². The number of rotatable bonds is 5. The van der Waals surface area contributed by atoms with E-state index in [1.165, 1.54) is 0 Å². The Balaban J connectivity index is 2.75. The van der Waals surface area contributed by atoms with Crippen molar-refractivity contribution in [3.8, 4) is 0 Å². The Morgan fingerprint density at radius 2 is 1.75 bits per heavy atom. The van der Waals surface area contributed by atoms with Crippen molar-refractivity contribution in [1.29, 1.82) is 0 Å². The highest BCUT2D eigenvalue weighted by Gasteiger charge is 2.47. The van der Waals surface area contributed by atoms with Gasteiger partial charge in [-0.05, 0) is 20.3 Å². The minimum absolute atomic E-state index is 0.346. The van der Waals surface area contributed by atoms with Gasteiger partial charge in [-0.1, -0.05) is 6.08 Å². The fourth-order valence-electron chi connectivity index (χ4n) is 1.82. The van der Waals surface area contributed by atoms with Gasteiger partial charge in [-0.25, -0.2) is 0 Å². The van der Waals surface area contributed by atoms with E-state index in [1.54, 1.807) is 19.9 Å². The lowest BCUT2D eigenvalue weighted by molar-refractivity contribution is -0.161. The first-order chi connectivity index (χ1) is 7.41. The zero-order chi connectivity index (χ0) is 12.3. The summed E-state index contributed by atoms with van der Waals surface area (Å²) >= 11 is 0. The Bertz CT molecular complexity index is 241. The molecule has 0 aromatic heterocycles. The first-order valence-electron chi connectivity index (χ1n) is 5.35. The van der Waals surface area contributed by atoms with Crippen molar-refractivity contribution in [2.24, 2.45) is 0 Å². The molecule has 0 amide bonds. The molecule has 0 bridgehead atoms. The molecule has 1 saturated heterocycles. The van der Waals surface area contributed by atoms with Crippen LogP contribution in [0.4, 0.5) is 0 Å². The molecular formula is C11H20O5. The van der Waals surface area contributed by atoms with Gasteiger partial charge >= 0.3 is 0 Å². The highest BCUT2D eigenvalue weighted by atomic mass is 16.8. The molecule has 0 aliphatic carbocycles. The highest BCUT2D eigenvalue weighted by molar-refractivity contribution is 4.92. The second-order valence-corrected chi connectivity index (χ2v) is 4.41. The van der Waals surface area contributed by atoms with Crippen molar-refractivity contribution in [2.75, 3.05) is 6.61 Å². The third-order valence-electron chi connectivity index (χ3n) is 2.52. The molecule has 1 aliphatic rings. The van der Waals surface area contributed by atoms with E-state index < -0.39 is 36.8 Å². The summed E-state index contributed by atoms with van der Waals surface area (Å²) in [5.74, 6) is -0.867. The van der Waals surface area contributed by atoms with Crippen LogP contribution in [0.5, 0.6) is 0 Å². The number of hydrogen-bond donors (Lipinski definition) is 3.